The highest BCUT2D eigenvalue weighted by Gasteiger charge is 2.28. The van der Waals surface area contributed by atoms with Gasteiger partial charge in [0.05, 0.1) is 18.5 Å². The molecule has 1 aliphatic rings. The van der Waals surface area contributed by atoms with E-state index in [1.807, 2.05) is 13.2 Å². The number of hydrogen-bond donors (Lipinski definition) is 1. The van der Waals surface area contributed by atoms with Gasteiger partial charge in [-0.1, -0.05) is 6.07 Å². The van der Waals surface area contributed by atoms with Crippen molar-refractivity contribution in [2.45, 2.75) is 25.9 Å². The van der Waals surface area contributed by atoms with Crippen LogP contribution in [0.15, 0.2) is 30.6 Å². The molecular formula is C17H19N3O4. The number of carbonyl (C=O) groups excluding carboxylic acids is 2. The van der Waals surface area contributed by atoms with Gasteiger partial charge in [-0.05, 0) is 37.5 Å². The number of aryl methyl sites for hydroxylation is 2. The van der Waals surface area contributed by atoms with E-state index in [2.05, 4.69) is 10.4 Å². The van der Waals surface area contributed by atoms with Gasteiger partial charge in [-0.25, -0.2) is 4.79 Å². The summed E-state index contributed by atoms with van der Waals surface area (Å²) in [4.78, 5) is 23.9. The minimum absolute atomic E-state index is 0.232. The molecule has 2 heterocycles. The van der Waals surface area contributed by atoms with E-state index in [4.69, 9.17) is 9.47 Å². The number of aromatic nitrogens is 2. The fourth-order valence-electron chi connectivity index (χ4n) is 2.51. The van der Waals surface area contributed by atoms with Gasteiger partial charge in [-0.15, -0.1) is 0 Å². The third-order valence-electron chi connectivity index (χ3n) is 3.76. The van der Waals surface area contributed by atoms with Gasteiger partial charge in [0.2, 0.25) is 0 Å². The van der Waals surface area contributed by atoms with Crippen molar-refractivity contribution < 1.29 is 19.1 Å². The predicted octanol–water partition coefficient (Wildman–Crippen LogP) is 1.93. The number of nitrogens with one attached hydrogen (secondary N) is 1. The highest BCUT2D eigenvalue weighted by Crippen LogP contribution is 2.33. The van der Waals surface area contributed by atoms with Crippen LogP contribution in [0.2, 0.25) is 0 Å². The molecule has 1 aromatic heterocycles. The largest absolute Gasteiger partial charge is 0.478 e. The monoisotopic (exact) mass is 329 g/mol. The Kier molecular flexibility index (Phi) is 4.50. The standard InChI is InChI=1S/C17H19N3O4/c1-11-16(21)19-14-7-3-6-13(15(14)24-11)17(22)23-8-4-5-12-9-18-20(2)10-12/h3,6-7,9-11H,4-5,8H2,1-2H3,(H,19,21)/t11-/m0/s1. The van der Waals surface area contributed by atoms with E-state index in [1.165, 1.54) is 0 Å². The Morgan fingerprint density at radius 2 is 2.29 bits per heavy atom. The molecule has 7 heteroatoms. The van der Waals surface area contributed by atoms with E-state index in [-0.39, 0.29) is 5.91 Å². The van der Waals surface area contributed by atoms with Crippen LogP contribution in [-0.2, 0) is 23.0 Å². The van der Waals surface area contributed by atoms with Crippen molar-refractivity contribution in [3.8, 4) is 5.75 Å². The molecule has 1 amide bonds. The van der Waals surface area contributed by atoms with Gasteiger partial charge in [0.25, 0.3) is 5.91 Å². The number of benzene rings is 1. The number of carbonyl (C=O) groups is 2. The molecule has 7 nitrogen and oxygen atoms in total. The molecule has 0 aliphatic carbocycles. The van der Waals surface area contributed by atoms with Crippen LogP contribution in [0.4, 0.5) is 5.69 Å². The summed E-state index contributed by atoms with van der Waals surface area (Å²) in [5, 5.41) is 6.81. The molecule has 0 unspecified atom stereocenters. The molecule has 1 aromatic carbocycles. The van der Waals surface area contributed by atoms with Gasteiger partial charge >= 0.3 is 5.97 Å². The quantitative estimate of drug-likeness (QED) is 0.669. The second-order valence-corrected chi connectivity index (χ2v) is 5.69. The average molecular weight is 329 g/mol. The van der Waals surface area contributed by atoms with Crippen LogP contribution in [-0.4, -0.2) is 34.4 Å². The van der Waals surface area contributed by atoms with Crippen LogP contribution in [0.25, 0.3) is 0 Å². The van der Waals surface area contributed by atoms with Crippen LogP contribution in [0.3, 0.4) is 0 Å². The van der Waals surface area contributed by atoms with E-state index in [0.717, 1.165) is 12.0 Å². The fraction of sp³-hybridized carbons (Fsp3) is 0.353. The number of anilines is 1. The number of fused-ring (bicyclic) bond motifs is 1. The molecule has 1 aliphatic heterocycles. The van der Waals surface area contributed by atoms with Crippen LogP contribution in [0, 0.1) is 0 Å². The molecular weight excluding hydrogens is 310 g/mol. The van der Waals surface area contributed by atoms with Crippen LogP contribution >= 0.6 is 0 Å². The lowest BCUT2D eigenvalue weighted by atomic mass is 10.1. The first-order valence-corrected chi connectivity index (χ1v) is 7.80. The third-order valence-corrected chi connectivity index (χ3v) is 3.76. The zero-order valence-electron chi connectivity index (χ0n) is 13.6. The van der Waals surface area contributed by atoms with Gasteiger partial charge in [0.1, 0.15) is 5.56 Å². The number of ether oxygens (including phenoxy) is 2. The van der Waals surface area contributed by atoms with Crippen molar-refractivity contribution in [1.29, 1.82) is 0 Å². The highest BCUT2D eigenvalue weighted by molar-refractivity contribution is 6.02. The summed E-state index contributed by atoms with van der Waals surface area (Å²) in [5.74, 6) is -0.326. The lowest BCUT2D eigenvalue weighted by molar-refractivity contribution is -0.122. The number of rotatable bonds is 5. The molecule has 0 radical (unpaired) electrons. The Morgan fingerprint density at radius 3 is 3.04 bits per heavy atom. The molecule has 0 bridgehead atoms. The van der Waals surface area contributed by atoms with Crippen molar-refractivity contribution in [1.82, 2.24) is 9.78 Å². The summed E-state index contributed by atoms with van der Waals surface area (Å²) >= 11 is 0. The maximum Gasteiger partial charge on any atom is 0.342 e. The molecule has 3 rings (SSSR count). The Bertz CT molecular complexity index is 769. The average Bonchev–Trinajstić information content (AvgIpc) is 2.97. The topological polar surface area (TPSA) is 82.4 Å². The van der Waals surface area contributed by atoms with E-state index in [9.17, 15) is 9.59 Å². The Hall–Kier alpha value is -2.83. The lowest BCUT2D eigenvalue weighted by Gasteiger charge is -2.24. The predicted molar refractivity (Wildman–Crippen MR) is 87.0 cm³/mol. The number of hydrogen-bond acceptors (Lipinski definition) is 5. The van der Waals surface area contributed by atoms with Crippen molar-refractivity contribution in [3.63, 3.8) is 0 Å². The van der Waals surface area contributed by atoms with Crippen molar-refractivity contribution in [3.05, 3.63) is 41.7 Å². The zero-order chi connectivity index (χ0) is 17.1. The van der Waals surface area contributed by atoms with Gasteiger partial charge in [0, 0.05) is 13.2 Å². The van der Waals surface area contributed by atoms with Gasteiger partial charge in [-0.3, -0.25) is 9.48 Å². The maximum absolute atomic E-state index is 12.3. The molecule has 1 N–H and O–H groups in total. The van der Waals surface area contributed by atoms with Crippen LogP contribution in [0.1, 0.15) is 29.3 Å². The van der Waals surface area contributed by atoms with Crippen LogP contribution in [0.5, 0.6) is 5.75 Å². The summed E-state index contributed by atoms with van der Waals surface area (Å²) in [6.45, 7) is 1.94. The molecule has 126 valence electrons. The van der Waals surface area contributed by atoms with Crippen molar-refractivity contribution in [2.75, 3.05) is 11.9 Å². The normalized spacial score (nSPS) is 16.1. The smallest absolute Gasteiger partial charge is 0.342 e. The first-order valence-electron chi connectivity index (χ1n) is 7.80. The molecule has 24 heavy (non-hydrogen) atoms. The number of esters is 1. The van der Waals surface area contributed by atoms with E-state index in [1.54, 1.807) is 36.0 Å². The molecule has 1 atom stereocenters. The van der Waals surface area contributed by atoms with E-state index >= 15 is 0 Å². The first-order chi connectivity index (χ1) is 11.5. The lowest BCUT2D eigenvalue weighted by Crippen LogP contribution is -2.35. The molecule has 0 spiro atoms. The Labute approximate surface area is 139 Å². The first kappa shape index (κ1) is 16.0. The minimum atomic E-state index is -0.642. The van der Waals surface area contributed by atoms with Gasteiger partial charge in [0.15, 0.2) is 11.9 Å². The van der Waals surface area contributed by atoms with Crippen LogP contribution < -0.4 is 10.1 Å². The Balaban J connectivity index is 1.59. The summed E-state index contributed by atoms with van der Waals surface area (Å²) in [6.07, 6.45) is 4.59. The third kappa shape index (κ3) is 3.40. The van der Waals surface area contributed by atoms with Gasteiger partial charge in [-0.2, -0.15) is 5.10 Å². The van der Waals surface area contributed by atoms with Gasteiger partial charge < -0.3 is 14.8 Å². The summed E-state index contributed by atoms with van der Waals surface area (Å²) in [5.41, 5.74) is 1.91. The van der Waals surface area contributed by atoms with Crippen molar-refractivity contribution >= 4 is 17.6 Å². The van der Waals surface area contributed by atoms with E-state index in [0.29, 0.717) is 30.0 Å². The second kappa shape index (κ2) is 6.74. The number of para-hydroxylation sites is 1. The molecule has 0 saturated heterocycles. The fourth-order valence-corrected chi connectivity index (χ4v) is 2.51. The molecule has 0 fully saturated rings. The summed E-state index contributed by atoms with van der Waals surface area (Å²) in [6, 6.07) is 5.01. The SMILES string of the molecule is C[C@@H]1Oc2c(cccc2C(=O)OCCCc2cnn(C)c2)NC1=O. The second-order valence-electron chi connectivity index (χ2n) is 5.69. The number of nitrogens with zero attached hydrogens (tertiary/aromatic N) is 2. The summed E-state index contributed by atoms with van der Waals surface area (Å²) in [7, 11) is 1.86. The van der Waals surface area contributed by atoms with E-state index < -0.39 is 12.1 Å². The minimum Gasteiger partial charge on any atom is -0.478 e. The number of amides is 1. The maximum atomic E-state index is 12.3. The molecule has 0 saturated carbocycles. The zero-order valence-corrected chi connectivity index (χ0v) is 13.6. The summed E-state index contributed by atoms with van der Waals surface area (Å²) < 4.78 is 12.6. The Morgan fingerprint density at radius 1 is 1.46 bits per heavy atom. The highest BCUT2D eigenvalue weighted by atomic mass is 16.5. The molecule has 2 aromatic rings. The van der Waals surface area contributed by atoms with Crippen molar-refractivity contribution in [2.24, 2.45) is 7.05 Å².